The maximum Gasteiger partial charge on any atom is 0.265 e. The molecule has 2 aromatic rings. The number of para-hydroxylation sites is 1. The number of carbonyl (C=O) groups excluding carboxylic acids is 1. The van der Waals surface area contributed by atoms with Gasteiger partial charge >= 0.3 is 0 Å². The normalized spacial score (nSPS) is 20.1. The fourth-order valence-corrected chi connectivity index (χ4v) is 5.21. The van der Waals surface area contributed by atoms with Crippen molar-refractivity contribution in [2.45, 2.75) is 43.1 Å². The predicted octanol–water partition coefficient (Wildman–Crippen LogP) is 3.19. The number of sulfonamides is 1. The second-order valence-electron chi connectivity index (χ2n) is 7.25. The Bertz CT molecular complexity index is 924. The number of carbonyl (C=O) groups is 1. The summed E-state index contributed by atoms with van der Waals surface area (Å²) < 4.78 is 32.9. The van der Waals surface area contributed by atoms with Crippen molar-refractivity contribution in [1.82, 2.24) is 4.31 Å². The molecule has 1 saturated heterocycles. The number of anilines is 1. The SMILES string of the molecule is O=C(Nc1ccc(S(=O)(=O)N2CCCCCC2)cc1)[C@H]1Cc2ccccc2O1. The number of fused-ring (bicyclic) bond motifs is 1. The first kappa shape index (κ1) is 19.0. The van der Waals surface area contributed by atoms with E-state index in [1.54, 1.807) is 28.6 Å². The zero-order valence-corrected chi connectivity index (χ0v) is 16.5. The molecule has 1 fully saturated rings. The average molecular weight is 401 g/mol. The Balaban J connectivity index is 1.41. The monoisotopic (exact) mass is 400 g/mol. The van der Waals surface area contributed by atoms with Gasteiger partial charge in [-0.25, -0.2) is 8.42 Å². The van der Waals surface area contributed by atoms with Gasteiger partial charge < -0.3 is 10.1 Å². The molecule has 0 saturated carbocycles. The van der Waals surface area contributed by atoms with E-state index in [1.807, 2.05) is 24.3 Å². The zero-order valence-electron chi connectivity index (χ0n) is 15.6. The third-order valence-electron chi connectivity index (χ3n) is 5.26. The van der Waals surface area contributed by atoms with Crippen molar-refractivity contribution in [3.8, 4) is 5.75 Å². The highest BCUT2D eigenvalue weighted by atomic mass is 32.2. The number of nitrogens with zero attached hydrogens (tertiary/aromatic N) is 1. The van der Waals surface area contributed by atoms with Gasteiger partial charge in [-0.1, -0.05) is 31.0 Å². The number of hydrogen-bond donors (Lipinski definition) is 1. The molecule has 2 aliphatic rings. The third-order valence-corrected chi connectivity index (χ3v) is 7.18. The Labute approximate surface area is 165 Å². The molecule has 2 heterocycles. The van der Waals surface area contributed by atoms with Gasteiger partial charge in [0.2, 0.25) is 10.0 Å². The molecule has 148 valence electrons. The zero-order chi connectivity index (χ0) is 19.6. The van der Waals surface area contributed by atoms with Crippen molar-refractivity contribution in [3.05, 3.63) is 54.1 Å². The van der Waals surface area contributed by atoms with Crippen LogP contribution < -0.4 is 10.1 Å². The van der Waals surface area contributed by atoms with Crippen LogP contribution >= 0.6 is 0 Å². The number of ether oxygens (including phenoxy) is 1. The first-order valence-electron chi connectivity index (χ1n) is 9.70. The van der Waals surface area contributed by atoms with E-state index in [1.165, 1.54) is 0 Å². The van der Waals surface area contributed by atoms with E-state index in [0.717, 1.165) is 37.0 Å². The van der Waals surface area contributed by atoms with Crippen molar-refractivity contribution < 1.29 is 17.9 Å². The average Bonchev–Trinajstić information content (AvgIpc) is 2.94. The van der Waals surface area contributed by atoms with Gasteiger partial charge in [0.1, 0.15) is 5.75 Å². The van der Waals surface area contributed by atoms with E-state index in [9.17, 15) is 13.2 Å². The summed E-state index contributed by atoms with van der Waals surface area (Å²) in [6.45, 7) is 1.14. The Morgan fingerprint density at radius 2 is 1.64 bits per heavy atom. The fourth-order valence-electron chi connectivity index (χ4n) is 3.69. The number of benzene rings is 2. The summed E-state index contributed by atoms with van der Waals surface area (Å²) in [5.41, 5.74) is 1.57. The third kappa shape index (κ3) is 3.91. The number of amides is 1. The van der Waals surface area contributed by atoms with Crippen molar-refractivity contribution in [2.75, 3.05) is 18.4 Å². The molecule has 0 bridgehead atoms. The molecular weight excluding hydrogens is 376 g/mol. The van der Waals surface area contributed by atoms with Gasteiger partial charge in [-0.3, -0.25) is 4.79 Å². The molecule has 1 amide bonds. The van der Waals surface area contributed by atoms with E-state index in [-0.39, 0.29) is 10.8 Å². The molecule has 2 aromatic carbocycles. The molecule has 7 heteroatoms. The van der Waals surface area contributed by atoms with Crippen LogP contribution in [0.25, 0.3) is 0 Å². The first-order valence-corrected chi connectivity index (χ1v) is 11.1. The van der Waals surface area contributed by atoms with Crippen LogP contribution in [0.15, 0.2) is 53.4 Å². The summed E-state index contributed by atoms with van der Waals surface area (Å²) in [5.74, 6) is 0.501. The Morgan fingerprint density at radius 3 is 2.32 bits per heavy atom. The highest BCUT2D eigenvalue weighted by Crippen LogP contribution is 2.29. The van der Waals surface area contributed by atoms with Gasteiger partial charge in [-0.15, -0.1) is 0 Å². The van der Waals surface area contributed by atoms with Crippen LogP contribution in [0.2, 0.25) is 0 Å². The maximum atomic E-state index is 12.8. The second kappa shape index (κ2) is 7.93. The summed E-state index contributed by atoms with van der Waals surface area (Å²) in [5, 5.41) is 2.81. The van der Waals surface area contributed by atoms with Crippen LogP contribution in [0.1, 0.15) is 31.2 Å². The standard InChI is InChI=1S/C21H24N2O4S/c24-21(20-15-16-7-3-4-8-19(16)27-20)22-17-9-11-18(12-10-17)28(25,26)23-13-5-1-2-6-14-23/h3-4,7-12,20H,1-2,5-6,13-15H2,(H,22,24)/t20-/m1/s1. The molecule has 6 nitrogen and oxygen atoms in total. The van der Waals surface area contributed by atoms with Crippen LogP contribution in [0.3, 0.4) is 0 Å². The minimum absolute atomic E-state index is 0.237. The van der Waals surface area contributed by atoms with Crippen LogP contribution in [-0.4, -0.2) is 37.8 Å². The second-order valence-corrected chi connectivity index (χ2v) is 9.19. The van der Waals surface area contributed by atoms with E-state index >= 15 is 0 Å². The van der Waals surface area contributed by atoms with Crippen LogP contribution in [-0.2, 0) is 21.2 Å². The lowest BCUT2D eigenvalue weighted by Gasteiger charge is -2.20. The molecule has 1 atom stereocenters. The molecule has 0 unspecified atom stereocenters. The Hall–Kier alpha value is -2.38. The van der Waals surface area contributed by atoms with E-state index in [4.69, 9.17) is 4.74 Å². The molecule has 1 N–H and O–H groups in total. The molecule has 0 aliphatic carbocycles. The minimum atomic E-state index is -3.49. The lowest BCUT2D eigenvalue weighted by atomic mass is 10.1. The van der Waals surface area contributed by atoms with E-state index in [0.29, 0.717) is 25.2 Å². The minimum Gasteiger partial charge on any atom is -0.480 e. The van der Waals surface area contributed by atoms with Gasteiger partial charge in [-0.2, -0.15) is 4.31 Å². The van der Waals surface area contributed by atoms with Gasteiger partial charge in [0.05, 0.1) is 4.90 Å². The number of rotatable bonds is 4. The van der Waals surface area contributed by atoms with E-state index < -0.39 is 16.1 Å². The predicted molar refractivity (Wildman–Crippen MR) is 107 cm³/mol. The highest BCUT2D eigenvalue weighted by Gasteiger charge is 2.29. The summed E-state index contributed by atoms with van der Waals surface area (Å²) in [6, 6.07) is 14.0. The lowest BCUT2D eigenvalue weighted by Crippen LogP contribution is -2.32. The molecule has 0 spiro atoms. The first-order chi connectivity index (χ1) is 13.5. The van der Waals surface area contributed by atoms with Crippen LogP contribution in [0.4, 0.5) is 5.69 Å². The molecule has 0 aromatic heterocycles. The molecule has 4 rings (SSSR count). The molecule has 28 heavy (non-hydrogen) atoms. The fraction of sp³-hybridized carbons (Fsp3) is 0.381. The smallest absolute Gasteiger partial charge is 0.265 e. The van der Waals surface area contributed by atoms with Crippen molar-refractivity contribution in [2.24, 2.45) is 0 Å². The van der Waals surface area contributed by atoms with Gasteiger partial charge in [0.15, 0.2) is 6.10 Å². The molecule has 0 radical (unpaired) electrons. The Kier molecular flexibility index (Phi) is 5.37. The number of hydrogen-bond acceptors (Lipinski definition) is 4. The Morgan fingerprint density at radius 1 is 0.964 bits per heavy atom. The van der Waals surface area contributed by atoms with Gasteiger partial charge in [0.25, 0.3) is 5.91 Å². The lowest BCUT2D eigenvalue weighted by molar-refractivity contribution is -0.122. The summed E-state index contributed by atoms with van der Waals surface area (Å²) in [7, 11) is -3.49. The summed E-state index contributed by atoms with van der Waals surface area (Å²) >= 11 is 0. The largest absolute Gasteiger partial charge is 0.480 e. The van der Waals surface area contributed by atoms with E-state index in [2.05, 4.69) is 5.32 Å². The topological polar surface area (TPSA) is 75.7 Å². The van der Waals surface area contributed by atoms with Crippen molar-refractivity contribution >= 4 is 21.6 Å². The quantitative estimate of drug-likeness (QED) is 0.855. The van der Waals surface area contributed by atoms with Crippen LogP contribution in [0, 0.1) is 0 Å². The van der Waals surface area contributed by atoms with Crippen molar-refractivity contribution in [3.63, 3.8) is 0 Å². The number of nitrogens with one attached hydrogen (secondary N) is 1. The summed E-state index contributed by atoms with van der Waals surface area (Å²) in [6.07, 6.45) is 3.91. The van der Waals surface area contributed by atoms with Crippen LogP contribution in [0.5, 0.6) is 5.75 Å². The molecule has 2 aliphatic heterocycles. The maximum absolute atomic E-state index is 12.8. The van der Waals surface area contributed by atoms with Gasteiger partial charge in [-0.05, 0) is 48.7 Å². The summed E-state index contributed by atoms with van der Waals surface area (Å²) in [4.78, 5) is 12.7. The molecular formula is C21H24N2O4S. The van der Waals surface area contributed by atoms with Gasteiger partial charge in [0, 0.05) is 25.2 Å². The highest BCUT2D eigenvalue weighted by molar-refractivity contribution is 7.89. The van der Waals surface area contributed by atoms with Crippen molar-refractivity contribution in [1.29, 1.82) is 0 Å².